The summed E-state index contributed by atoms with van der Waals surface area (Å²) in [7, 11) is 0. The van der Waals surface area contributed by atoms with Crippen LogP contribution in [-0.4, -0.2) is 34.5 Å². The van der Waals surface area contributed by atoms with E-state index in [1.807, 2.05) is 60.7 Å². The first-order valence-corrected chi connectivity index (χ1v) is 9.62. The zero-order chi connectivity index (χ0) is 21.0. The van der Waals surface area contributed by atoms with Gasteiger partial charge in [0.2, 0.25) is 5.91 Å². The summed E-state index contributed by atoms with van der Waals surface area (Å²) in [5.41, 5.74) is 0.839. The van der Waals surface area contributed by atoms with Gasteiger partial charge in [-0.2, -0.15) is 0 Å². The van der Waals surface area contributed by atoms with Crippen LogP contribution in [0.2, 0.25) is 0 Å². The smallest absolute Gasteiger partial charge is 0.417 e. The van der Waals surface area contributed by atoms with E-state index in [4.69, 9.17) is 9.47 Å². The van der Waals surface area contributed by atoms with E-state index in [1.54, 1.807) is 20.8 Å². The molecular weight excluding hydrogens is 370 g/mol. The quantitative estimate of drug-likeness (QED) is 0.724. The Bertz CT molecular complexity index is 834. The Labute approximate surface area is 170 Å². The molecule has 2 aromatic carbocycles. The highest BCUT2D eigenvalue weighted by molar-refractivity contribution is 5.99. The molecule has 0 N–H and O–H groups in total. The minimum atomic E-state index is -0.993. The van der Waals surface area contributed by atoms with Crippen LogP contribution in [-0.2, 0) is 19.1 Å². The number of hydrogen-bond donors (Lipinski definition) is 0. The first-order chi connectivity index (χ1) is 13.8. The van der Waals surface area contributed by atoms with E-state index in [-0.39, 0.29) is 12.8 Å². The lowest BCUT2D eigenvalue weighted by molar-refractivity contribution is -0.155. The zero-order valence-electron chi connectivity index (χ0n) is 16.8. The Balaban J connectivity index is 1.83. The third kappa shape index (κ3) is 5.02. The number of carbonyl (C=O) groups is 3. The fraction of sp³-hybridized carbons (Fsp3) is 0.348. The van der Waals surface area contributed by atoms with Crippen LogP contribution < -0.4 is 0 Å². The van der Waals surface area contributed by atoms with Gasteiger partial charge in [-0.3, -0.25) is 4.79 Å². The van der Waals surface area contributed by atoms with Crippen molar-refractivity contribution in [3.8, 4) is 0 Å². The Kier molecular flexibility index (Phi) is 6.01. The number of rotatable bonds is 4. The largest absolute Gasteiger partial charge is 0.451 e. The standard InChI is InChI=1S/C23H25NO5/c1-23(2,3)29-22(27)24-18(14-15-19(24)25)21(26)28-20(16-10-6-4-7-11-16)17-12-8-5-9-13-17/h4-13,18,20H,14-15H2,1-3H3. The highest BCUT2D eigenvalue weighted by atomic mass is 16.6. The van der Waals surface area contributed by atoms with Crippen LogP contribution in [0.5, 0.6) is 0 Å². The topological polar surface area (TPSA) is 72.9 Å². The van der Waals surface area contributed by atoms with Gasteiger partial charge in [-0.1, -0.05) is 60.7 Å². The van der Waals surface area contributed by atoms with Crippen molar-refractivity contribution >= 4 is 18.0 Å². The number of amides is 2. The van der Waals surface area contributed by atoms with E-state index >= 15 is 0 Å². The molecule has 2 aromatic rings. The summed E-state index contributed by atoms with van der Waals surface area (Å²) >= 11 is 0. The molecule has 1 heterocycles. The van der Waals surface area contributed by atoms with Crippen LogP contribution in [0.25, 0.3) is 0 Å². The van der Waals surface area contributed by atoms with E-state index in [0.29, 0.717) is 0 Å². The van der Waals surface area contributed by atoms with Crippen molar-refractivity contribution in [1.29, 1.82) is 0 Å². The summed E-state index contributed by atoms with van der Waals surface area (Å²) in [6.07, 6.45) is -1.15. The number of esters is 1. The van der Waals surface area contributed by atoms with Gasteiger partial charge in [0, 0.05) is 6.42 Å². The lowest BCUT2D eigenvalue weighted by atomic mass is 10.0. The second-order valence-electron chi connectivity index (χ2n) is 7.94. The van der Waals surface area contributed by atoms with Gasteiger partial charge >= 0.3 is 12.1 Å². The van der Waals surface area contributed by atoms with Crippen LogP contribution in [0.1, 0.15) is 50.8 Å². The van der Waals surface area contributed by atoms with E-state index in [9.17, 15) is 14.4 Å². The van der Waals surface area contributed by atoms with Gasteiger partial charge in [0.15, 0.2) is 6.10 Å². The number of benzene rings is 2. The molecule has 1 aliphatic rings. The molecule has 1 unspecified atom stereocenters. The Hall–Kier alpha value is -3.15. The second-order valence-corrected chi connectivity index (χ2v) is 7.94. The molecule has 29 heavy (non-hydrogen) atoms. The van der Waals surface area contributed by atoms with Gasteiger partial charge < -0.3 is 9.47 Å². The van der Waals surface area contributed by atoms with Crippen LogP contribution in [0.15, 0.2) is 60.7 Å². The number of carbonyl (C=O) groups excluding carboxylic acids is 3. The van der Waals surface area contributed by atoms with Gasteiger partial charge in [-0.25, -0.2) is 14.5 Å². The monoisotopic (exact) mass is 395 g/mol. The molecule has 0 spiro atoms. The second kappa shape index (κ2) is 8.47. The highest BCUT2D eigenvalue weighted by Crippen LogP contribution is 2.29. The summed E-state index contributed by atoms with van der Waals surface area (Å²) in [5.74, 6) is -1.06. The van der Waals surface area contributed by atoms with E-state index in [1.165, 1.54) is 0 Å². The molecule has 6 heteroatoms. The van der Waals surface area contributed by atoms with Crippen molar-refractivity contribution in [3.05, 3.63) is 71.8 Å². The van der Waals surface area contributed by atoms with Gasteiger partial charge in [0.05, 0.1) is 0 Å². The van der Waals surface area contributed by atoms with Crippen molar-refractivity contribution in [2.75, 3.05) is 0 Å². The summed E-state index contributed by atoms with van der Waals surface area (Å²) in [4.78, 5) is 38.6. The molecule has 3 rings (SSSR count). The van der Waals surface area contributed by atoms with E-state index in [0.717, 1.165) is 16.0 Å². The van der Waals surface area contributed by atoms with Gasteiger partial charge in [-0.05, 0) is 38.3 Å². The minimum absolute atomic E-state index is 0.0976. The molecule has 0 radical (unpaired) electrons. The molecule has 152 valence electrons. The lowest BCUT2D eigenvalue weighted by Crippen LogP contribution is -2.46. The number of hydrogen-bond acceptors (Lipinski definition) is 5. The van der Waals surface area contributed by atoms with Crippen molar-refractivity contribution in [3.63, 3.8) is 0 Å². The fourth-order valence-corrected chi connectivity index (χ4v) is 3.23. The Morgan fingerprint density at radius 2 is 1.48 bits per heavy atom. The van der Waals surface area contributed by atoms with Gasteiger partial charge in [0.25, 0.3) is 0 Å². The molecule has 0 saturated carbocycles. The average molecular weight is 395 g/mol. The van der Waals surface area contributed by atoms with Crippen LogP contribution in [0.3, 0.4) is 0 Å². The maximum Gasteiger partial charge on any atom is 0.417 e. The summed E-state index contributed by atoms with van der Waals surface area (Å²) in [6, 6.07) is 17.7. The van der Waals surface area contributed by atoms with Gasteiger partial charge in [0.1, 0.15) is 11.6 Å². The molecule has 1 atom stereocenters. The third-order valence-corrected chi connectivity index (χ3v) is 4.51. The number of ether oxygens (including phenoxy) is 2. The van der Waals surface area contributed by atoms with Crippen molar-refractivity contribution in [1.82, 2.24) is 4.90 Å². The lowest BCUT2D eigenvalue weighted by Gasteiger charge is -2.27. The Morgan fingerprint density at radius 3 is 1.97 bits per heavy atom. The minimum Gasteiger partial charge on any atom is -0.451 e. The number of imide groups is 1. The maximum absolute atomic E-state index is 13.0. The van der Waals surface area contributed by atoms with Crippen molar-refractivity contribution in [2.45, 2.75) is 51.4 Å². The molecule has 6 nitrogen and oxygen atoms in total. The average Bonchev–Trinajstić information content (AvgIpc) is 3.08. The fourth-order valence-electron chi connectivity index (χ4n) is 3.23. The number of likely N-dealkylation sites (tertiary alicyclic amines) is 1. The molecule has 1 aliphatic heterocycles. The molecule has 2 amide bonds. The molecule has 0 aromatic heterocycles. The zero-order valence-corrected chi connectivity index (χ0v) is 16.8. The first-order valence-electron chi connectivity index (χ1n) is 9.62. The summed E-state index contributed by atoms with van der Waals surface area (Å²) in [6.45, 7) is 5.12. The molecular formula is C23H25NO5. The van der Waals surface area contributed by atoms with Crippen molar-refractivity contribution < 1.29 is 23.9 Å². The molecule has 0 aliphatic carbocycles. The van der Waals surface area contributed by atoms with E-state index < -0.39 is 35.7 Å². The maximum atomic E-state index is 13.0. The Morgan fingerprint density at radius 1 is 0.966 bits per heavy atom. The molecule has 1 fully saturated rings. The predicted molar refractivity (Wildman–Crippen MR) is 107 cm³/mol. The van der Waals surface area contributed by atoms with Crippen molar-refractivity contribution in [2.24, 2.45) is 0 Å². The highest BCUT2D eigenvalue weighted by Gasteiger charge is 2.44. The third-order valence-electron chi connectivity index (χ3n) is 4.51. The number of nitrogens with zero attached hydrogens (tertiary/aromatic N) is 1. The molecule has 1 saturated heterocycles. The molecule has 0 bridgehead atoms. The first kappa shape index (κ1) is 20.6. The normalized spacial score (nSPS) is 16.8. The van der Waals surface area contributed by atoms with Crippen LogP contribution in [0.4, 0.5) is 4.79 Å². The van der Waals surface area contributed by atoms with Gasteiger partial charge in [-0.15, -0.1) is 0 Å². The van der Waals surface area contributed by atoms with E-state index in [2.05, 4.69) is 0 Å². The SMILES string of the molecule is CC(C)(C)OC(=O)N1C(=O)CCC1C(=O)OC(c1ccccc1)c1ccccc1. The van der Waals surface area contributed by atoms with Crippen LogP contribution in [0, 0.1) is 0 Å². The summed E-state index contributed by atoms with van der Waals surface area (Å²) < 4.78 is 11.1. The summed E-state index contributed by atoms with van der Waals surface area (Å²) in [5, 5.41) is 0. The van der Waals surface area contributed by atoms with Crippen LogP contribution >= 0.6 is 0 Å². The predicted octanol–water partition coefficient (Wildman–Crippen LogP) is 4.25.